The number of halogens is 1. The Morgan fingerprint density at radius 1 is 1.58 bits per heavy atom. The first kappa shape index (κ1) is 14.2. The van der Waals surface area contributed by atoms with Crippen molar-refractivity contribution in [3.8, 4) is 0 Å². The van der Waals surface area contributed by atoms with Crippen molar-refractivity contribution in [1.82, 2.24) is 4.98 Å². The first-order chi connectivity index (χ1) is 9.19. The van der Waals surface area contributed by atoms with Crippen LogP contribution in [0.3, 0.4) is 0 Å². The van der Waals surface area contributed by atoms with E-state index in [1.807, 2.05) is 4.90 Å². The monoisotopic (exact) mass is 268 g/mol. The van der Waals surface area contributed by atoms with Gasteiger partial charge in [0.15, 0.2) is 11.6 Å². The van der Waals surface area contributed by atoms with Crippen LogP contribution in [0.15, 0.2) is 12.3 Å². The summed E-state index contributed by atoms with van der Waals surface area (Å²) < 4.78 is 19.4. The molecular formula is C14H21FN2O2. The standard InChI is InChI=1S/C14H21FN2O2/c1-10(11-3-4-11)17(7-8-19-2)14-13(15)12(9-18)5-6-16-14/h5-6,10-11,18H,3-4,7-9H2,1-2H3. The van der Waals surface area contributed by atoms with Crippen LogP contribution in [-0.4, -0.2) is 36.4 Å². The van der Waals surface area contributed by atoms with Crippen molar-refractivity contribution in [3.05, 3.63) is 23.6 Å². The largest absolute Gasteiger partial charge is 0.392 e. The number of rotatable bonds is 7. The van der Waals surface area contributed by atoms with E-state index in [1.165, 1.54) is 18.9 Å². The second kappa shape index (κ2) is 6.30. The quantitative estimate of drug-likeness (QED) is 0.821. The van der Waals surface area contributed by atoms with E-state index < -0.39 is 5.82 Å². The Balaban J connectivity index is 2.25. The second-order valence-corrected chi connectivity index (χ2v) is 5.03. The van der Waals surface area contributed by atoms with Gasteiger partial charge in [0.1, 0.15) is 0 Å². The van der Waals surface area contributed by atoms with E-state index >= 15 is 0 Å². The van der Waals surface area contributed by atoms with Crippen LogP contribution in [0.1, 0.15) is 25.3 Å². The van der Waals surface area contributed by atoms with Gasteiger partial charge < -0.3 is 14.7 Å². The molecular weight excluding hydrogens is 247 g/mol. The summed E-state index contributed by atoms with van der Waals surface area (Å²) in [6.07, 6.45) is 3.92. The minimum atomic E-state index is -0.423. The number of methoxy groups -OCH3 is 1. The number of anilines is 1. The van der Waals surface area contributed by atoms with E-state index in [9.17, 15) is 4.39 Å². The van der Waals surface area contributed by atoms with Crippen LogP contribution in [0.25, 0.3) is 0 Å². The summed E-state index contributed by atoms with van der Waals surface area (Å²) in [4.78, 5) is 6.11. The molecule has 1 atom stereocenters. The Kier molecular flexibility index (Phi) is 4.71. The lowest BCUT2D eigenvalue weighted by atomic mass is 10.1. The third-order valence-corrected chi connectivity index (χ3v) is 3.73. The molecule has 1 aliphatic carbocycles. The number of aliphatic hydroxyl groups excluding tert-OH is 1. The molecule has 19 heavy (non-hydrogen) atoms. The Morgan fingerprint density at radius 3 is 2.89 bits per heavy atom. The number of aromatic nitrogens is 1. The normalized spacial score (nSPS) is 16.4. The predicted octanol–water partition coefficient (Wildman–Crippen LogP) is 1.96. The molecule has 0 saturated heterocycles. The Labute approximate surface area is 113 Å². The number of hydrogen-bond acceptors (Lipinski definition) is 4. The van der Waals surface area contributed by atoms with E-state index in [-0.39, 0.29) is 18.2 Å². The van der Waals surface area contributed by atoms with Gasteiger partial charge >= 0.3 is 0 Å². The molecule has 0 spiro atoms. The zero-order valence-corrected chi connectivity index (χ0v) is 11.5. The Hall–Kier alpha value is -1.20. The van der Waals surface area contributed by atoms with Crippen LogP contribution in [0.4, 0.5) is 10.2 Å². The lowest BCUT2D eigenvalue weighted by Crippen LogP contribution is -2.38. The fraction of sp³-hybridized carbons (Fsp3) is 0.643. The summed E-state index contributed by atoms with van der Waals surface area (Å²) in [6, 6.07) is 1.75. The van der Waals surface area contributed by atoms with Gasteiger partial charge in [-0.05, 0) is 31.7 Å². The van der Waals surface area contributed by atoms with Gasteiger partial charge in [-0.15, -0.1) is 0 Å². The number of hydrogen-bond donors (Lipinski definition) is 1. The van der Waals surface area contributed by atoms with Crippen molar-refractivity contribution in [1.29, 1.82) is 0 Å². The molecule has 106 valence electrons. The fourth-order valence-electron chi connectivity index (χ4n) is 2.32. The van der Waals surface area contributed by atoms with Crippen molar-refractivity contribution in [2.45, 2.75) is 32.4 Å². The summed E-state index contributed by atoms with van der Waals surface area (Å²) in [6.45, 7) is 2.92. The number of ether oxygens (including phenoxy) is 1. The van der Waals surface area contributed by atoms with E-state index in [1.54, 1.807) is 13.3 Å². The minimum Gasteiger partial charge on any atom is -0.392 e. The van der Waals surface area contributed by atoms with Gasteiger partial charge in [-0.3, -0.25) is 0 Å². The average Bonchev–Trinajstić information content (AvgIpc) is 3.25. The molecule has 0 bridgehead atoms. The minimum absolute atomic E-state index is 0.242. The highest BCUT2D eigenvalue weighted by Gasteiger charge is 2.33. The van der Waals surface area contributed by atoms with Crippen molar-refractivity contribution in [2.24, 2.45) is 5.92 Å². The van der Waals surface area contributed by atoms with Crippen molar-refractivity contribution >= 4 is 5.82 Å². The summed E-state index contributed by atoms with van der Waals surface area (Å²) in [7, 11) is 1.63. The highest BCUT2D eigenvalue weighted by molar-refractivity contribution is 5.44. The molecule has 1 aliphatic rings. The molecule has 1 aromatic rings. The smallest absolute Gasteiger partial charge is 0.171 e. The van der Waals surface area contributed by atoms with Crippen LogP contribution in [0.2, 0.25) is 0 Å². The first-order valence-corrected chi connectivity index (χ1v) is 6.68. The van der Waals surface area contributed by atoms with Gasteiger partial charge in [0.25, 0.3) is 0 Å². The summed E-state index contributed by atoms with van der Waals surface area (Å²) in [5, 5.41) is 9.15. The van der Waals surface area contributed by atoms with E-state index in [2.05, 4.69) is 11.9 Å². The molecule has 0 radical (unpaired) electrons. The zero-order chi connectivity index (χ0) is 13.8. The maximum atomic E-state index is 14.3. The zero-order valence-electron chi connectivity index (χ0n) is 11.5. The van der Waals surface area contributed by atoms with Crippen molar-refractivity contribution < 1.29 is 14.2 Å². The molecule has 1 heterocycles. The molecule has 1 N–H and O–H groups in total. The maximum absolute atomic E-state index is 14.3. The van der Waals surface area contributed by atoms with Crippen LogP contribution < -0.4 is 4.90 Å². The summed E-state index contributed by atoms with van der Waals surface area (Å²) in [5.74, 6) is 0.507. The molecule has 5 heteroatoms. The van der Waals surface area contributed by atoms with Gasteiger partial charge in [0, 0.05) is 31.5 Å². The lowest BCUT2D eigenvalue weighted by Gasteiger charge is -2.30. The lowest BCUT2D eigenvalue weighted by molar-refractivity contribution is 0.202. The Morgan fingerprint density at radius 2 is 2.32 bits per heavy atom. The van der Waals surface area contributed by atoms with Crippen LogP contribution >= 0.6 is 0 Å². The van der Waals surface area contributed by atoms with E-state index in [4.69, 9.17) is 9.84 Å². The topological polar surface area (TPSA) is 45.6 Å². The molecule has 0 aromatic carbocycles. The van der Waals surface area contributed by atoms with Gasteiger partial charge in [0.2, 0.25) is 0 Å². The summed E-state index contributed by atoms with van der Waals surface area (Å²) >= 11 is 0. The molecule has 2 rings (SSSR count). The second-order valence-electron chi connectivity index (χ2n) is 5.03. The van der Waals surface area contributed by atoms with Gasteiger partial charge in [-0.1, -0.05) is 0 Å². The average molecular weight is 268 g/mol. The summed E-state index contributed by atoms with van der Waals surface area (Å²) in [5.41, 5.74) is 0.287. The molecule has 1 fully saturated rings. The van der Waals surface area contributed by atoms with E-state index in [0.717, 1.165) is 0 Å². The predicted molar refractivity (Wildman–Crippen MR) is 71.5 cm³/mol. The van der Waals surface area contributed by atoms with Gasteiger partial charge in [-0.25, -0.2) is 9.37 Å². The van der Waals surface area contributed by atoms with Crippen LogP contribution in [-0.2, 0) is 11.3 Å². The molecule has 1 unspecified atom stereocenters. The van der Waals surface area contributed by atoms with Crippen LogP contribution in [0.5, 0.6) is 0 Å². The molecule has 1 saturated carbocycles. The maximum Gasteiger partial charge on any atom is 0.171 e. The third-order valence-electron chi connectivity index (χ3n) is 3.73. The van der Waals surface area contributed by atoms with E-state index in [0.29, 0.717) is 24.9 Å². The highest BCUT2D eigenvalue weighted by Crippen LogP contribution is 2.37. The first-order valence-electron chi connectivity index (χ1n) is 6.68. The van der Waals surface area contributed by atoms with Crippen molar-refractivity contribution in [3.63, 3.8) is 0 Å². The Bertz CT molecular complexity index is 424. The fourth-order valence-corrected chi connectivity index (χ4v) is 2.32. The number of pyridine rings is 1. The highest BCUT2D eigenvalue weighted by atomic mass is 19.1. The van der Waals surface area contributed by atoms with Crippen LogP contribution in [0, 0.1) is 11.7 Å². The van der Waals surface area contributed by atoms with Gasteiger partial charge in [0.05, 0.1) is 13.2 Å². The SMILES string of the molecule is COCCN(c1nccc(CO)c1F)C(C)C1CC1. The number of nitrogens with zero attached hydrogens (tertiary/aromatic N) is 2. The molecule has 4 nitrogen and oxygen atoms in total. The van der Waals surface area contributed by atoms with Crippen molar-refractivity contribution in [2.75, 3.05) is 25.2 Å². The molecule has 0 aliphatic heterocycles. The van der Waals surface area contributed by atoms with Gasteiger partial charge in [-0.2, -0.15) is 0 Å². The molecule has 0 amide bonds. The third kappa shape index (κ3) is 3.22. The molecule has 1 aromatic heterocycles. The number of aliphatic hydroxyl groups is 1.